The van der Waals surface area contributed by atoms with Crippen LogP contribution < -0.4 is 4.74 Å². The first kappa shape index (κ1) is 14.6. The molecule has 2 rings (SSSR count). The minimum atomic E-state index is -4.70. The van der Waals surface area contributed by atoms with Gasteiger partial charge in [-0.2, -0.15) is 0 Å². The average molecular weight is 345 g/mol. The van der Waals surface area contributed by atoms with Gasteiger partial charge in [0.2, 0.25) is 0 Å². The average Bonchev–Trinajstić information content (AvgIpc) is 2.38. The zero-order valence-corrected chi connectivity index (χ0v) is 11.5. The number of carbonyl (C=O) groups is 1. The van der Waals surface area contributed by atoms with Crippen molar-refractivity contribution in [1.82, 2.24) is 0 Å². The van der Waals surface area contributed by atoms with E-state index < -0.39 is 6.36 Å². The van der Waals surface area contributed by atoms with Crippen molar-refractivity contribution in [2.75, 3.05) is 0 Å². The molecule has 0 aliphatic carbocycles. The van der Waals surface area contributed by atoms with Gasteiger partial charge >= 0.3 is 6.36 Å². The van der Waals surface area contributed by atoms with E-state index in [0.29, 0.717) is 21.9 Å². The SMILES string of the molecule is O=Cc1cc(-c2ccc(OC(F)(F)F)cc2)ccc1Br. The molecule has 0 aromatic heterocycles. The molecule has 0 aliphatic rings. The Hall–Kier alpha value is -1.82. The zero-order chi connectivity index (χ0) is 14.8. The minimum Gasteiger partial charge on any atom is -0.406 e. The van der Waals surface area contributed by atoms with Gasteiger partial charge in [-0.1, -0.05) is 34.1 Å². The van der Waals surface area contributed by atoms with Crippen LogP contribution in [0.25, 0.3) is 11.1 Å². The summed E-state index contributed by atoms with van der Waals surface area (Å²) in [5.41, 5.74) is 1.89. The van der Waals surface area contributed by atoms with Gasteiger partial charge in [0.05, 0.1) is 0 Å². The number of halogens is 4. The number of ether oxygens (including phenoxy) is 1. The Morgan fingerprint density at radius 1 is 1.00 bits per heavy atom. The molecule has 2 aromatic rings. The van der Waals surface area contributed by atoms with Crippen LogP contribution in [0.3, 0.4) is 0 Å². The lowest BCUT2D eigenvalue weighted by Crippen LogP contribution is -2.16. The summed E-state index contributed by atoms with van der Waals surface area (Å²) in [7, 11) is 0. The van der Waals surface area contributed by atoms with Crippen LogP contribution in [0.2, 0.25) is 0 Å². The maximum atomic E-state index is 12.0. The molecular formula is C14H8BrF3O2. The second-order valence-electron chi connectivity index (χ2n) is 3.93. The molecule has 0 unspecified atom stereocenters. The number of benzene rings is 2. The summed E-state index contributed by atoms with van der Waals surface area (Å²) >= 11 is 3.23. The topological polar surface area (TPSA) is 26.3 Å². The first-order chi connectivity index (χ1) is 9.39. The highest BCUT2D eigenvalue weighted by atomic mass is 79.9. The molecule has 0 saturated heterocycles. The van der Waals surface area contributed by atoms with E-state index in [4.69, 9.17) is 0 Å². The van der Waals surface area contributed by atoms with Crippen molar-refractivity contribution in [3.05, 3.63) is 52.5 Å². The molecule has 0 bridgehead atoms. The molecule has 0 spiro atoms. The summed E-state index contributed by atoms with van der Waals surface area (Å²) in [5.74, 6) is -0.283. The van der Waals surface area contributed by atoms with E-state index in [2.05, 4.69) is 20.7 Å². The van der Waals surface area contributed by atoms with Gasteiger partial charge in [0.25, 0.3) is 0 Å². The van der Waals surface area contributed by atoms with E-state index in [1.807, 2.05) is 0 Å². The maximum absolute atomic E-state index is 12.0. The molecule has 20 heavy (non-hydrogen) atoms. The van der Waals surface area contributed by atoms with E-state index in [1.54, 1.807) is 18.2 Å². The van der Waals surface area contributed by atoms with E-state index in [1.165, 1.54) is 24.3 Å². The van der Waals surface area contributed by atoms with Gasteiger partial charge in [0.15, 0.2) is 6.29 Å². The van der Waals surface area contributed by atoms with Crippen molar-refractivity contribution < 1.29 is 22.7 Å². The summed E-state index contributed by atoms with van der Waals surface area (Å²) in [4.78, 5) is 10.8. The minimum absolute atomic E-state index is 0.283. The van der Waals surface area contributed by atoms with Gasteiger partial charge in [-0.15, -0.1) is 13.2 Å². The lowest BCUT2D eigenvalue weighted by atomic mass is 10.0. The third-order valence-electron chi connectivity index (χ3n) is 2.54. The van der Waals surface area contributed by atoms with Gasteiger partial charge in [0, 0.05) is 10.0 Å². The Kier molecular flexibility index (Phi) is 4.13. The van der Waals surface area contributed by atoms with Crippen LogP contribution >= 0.6 is 15.9 Å². The van der Waals surface area contributed by atoms with Crippen LogP contribution in [0.15, 0.2) is 46.9 Å². The quantitative estimate of drug-likeness (QED) is 0.745. The van der Waals surface area contributed by atoms with Crippen LogP contribution in [0.5, 0.6) is 5.75 Å². The van der Waals surface area contributed by atoms with Gasteiger partial charge in [-0.25, -0.2) is 0 Å². The first-order valence-electron chi connectivity index (χ1n) is 5.50. The summed E-state index contributed by atoms with van der Waals surface area (Å²) in [6.45, 7) is 0. The third kappa shape index (κ3) is 3.60. The summed E-state index contributed by atoms with van der Waals surface area (Å²) < 4.78 is 40.6. The van der Waals surface area contributed by atoms with Crippen LogP contribution in [0.1, 0.15) is 10.4 Å². The lowest BCUT2D eigenvalue weighted by Gasteiger charge is -2.09. The highest BCUT2D eigenvalue weighted by molar-refractivity contribution is 9.10. The number of carbonyl (C=O) groups excluding carboxylic acids is 1. The molecule has 0 saturated carbocycles. The third-order valence-corrected chi connectivity index (χ3v) is 3.27. The summed E-state index contributed by atoms with van der Waals surface area (Å²) in [5, 5.41) is 0. The van der Waals surface area contributed by atoms with Crippen molar-refractivity contribution in [3.8, 4) is 16.9 Å². The van der Waals surface area contributed by atoms with Crippen LogP contribution in [-0.2, 0) is 0 Å². The van der Waals surface area contributed by atoms with Crippen molar-refractivity contribution in [1.29, 1.82) is 0 Å². The predicted octanol–water partition coefficient (Wildman–Crippen LogP) is 4.83. The zero-order valence-electron chi connectivity index (χ0n) is 9.95. The number of hydrogen-bond donors (Lipinski definition) is 0. The number of aldehydes is 1. The second kappa shape index (κ2) is 5.66. The molecular weight excluding hydrogens is 337 g/mol. The van der Waals surface area contributed by atoms with Crippen LogP contribution in [0, 0.1) is 0 Å². The normalized spacial score (nSPS) is 11.2. The molecule has 2 aromatic carbocycles. The van der Waals surface area contributed by atoms with E-state index in [9.17, 15) is 18.0 Å². The van der Waals surface area contributed by atoms with Crippen molar-refractivity contribution in [2.24, 2.45) is 0 Å². The van der Waals surface area contributed by atoms with Crippen molar-refractivity contribution in [2.45, 2.75) is 6.36 Å². The first-order valence-corrected chi connectivity index (χ1v) is 6.29. The highest BCUT2D eigenvalue weighted by Crippen LogP contribution is 2.28. The molecule has 0 fully saturated rings. The Balaban J connectivity index is 2.28. The molecule has 0 amide bonds. The molecule has 0 N–H and O–H groups in total. The van der Waals surface area contributed by atoms with Gasteiger partial charge in [0.1, 0.15) is 5.75 Å². The molecule has 104 valence electrons. The van der Waals surface area contributed by atoms with Crippen LogP contribution in [0.4, 0.5) is 13.2 Å². The number of alkyl halides is 3. The van der Waals surface area contributed by atoms with Gasteiger partial charge in [-0.05, 0) is 35.4 Å². The fraction of sp³-hybridized carbons (Fsp3) is 0.0714. The Morgan fingerprint density at radius 3 is 2.15 bits per heavy atom. The fourth-order valence-corrected chi connectivity index (χ4v) is 2.00. The number of rotatable bonds is 3. The monoisotopic (exact) mass is 344 g/mol. The van der Waals surface area contributed by atoms with E-state index in [0.717, 1.165) is 5.56 Å². The standard InChI is InChI=1S/C14H8BrF3O2/c15-13-6-3-10(7-11(13)8-19)9-1-4-12(5-2-9)20-14(16,17)18/h1-8H. The van der Waals surface area contributed by atoms with E-state index >= 15 is 0 Å². The smallest absolute Gasteiger partial charge is 0.406 e. The highest BCUT2D eigenvalue weighted by Gasteiger charge is 2.30. The summed E-state index contributed by atoms with van der Waals surface area (Å²) in [6.07, 6.45) is -4.00. The number of hydrogen-bond acceptors (Lipinski definition) is 2. The molecule has 6 heteroatoms. The van der Waals surface area contributed by atoms with Gasteiger partial charge < -0.3 is 4.74 Å². The molecule has 0 radical (unpaired) electrons. The Labute approximate surface area is 121 Å². The van der Waals surface area contributed by atoms with Gasteiger partial charge in [-0.3, -0.25) is 4.79 Å². The van der Waals surface area contributed by atoms with Crippen molar-refractivity contribution in [3.63, 3.8) is 0 Å². The van der Waals surface area contributed by atoms with Crippen LogP contribution in [-0.4, -0.2) is 12.6 Å². The largest absolute Gasteiger partial charge is 0.573 e. The molecule has 0 atom stereocenters. The Morgan fingerprint density at radius 2 is 1.60 bits per heavy atom. The predicted molar refractivity (Wildman–Crippen MR) is 71.6 cm³/mol. The summed E-state index contributed by atoms with van der Waals surface area (Å²) in [6, 6.07) is 10.6. The fourth-order valence-electron chi connectivity index (χ4n) is 1.66. The van der Waals surface area contributed by atoms with E-state index in [-0.39, 0.29) is 5.75 Å². The second-order valence-corrected chi connectivity index (χ2v) is 4.78. The Bertz CT molecular complexity index is 621. The maximum Gasteiger partial charge on any atom is 0.573 e. The molecule has 0 heterocycles. The van der Waals surface area contributed by atoms with Crippen molar-refractivity contribution >= 4 is 22.2 Å². The molecule has 0 aliphatic heterocycles. The molecule has 2 nitrogen and oxygen atoms in total. The lowest BCUT2D eigenvalue weighted by molar-refractivity contribution is -0.274.